The van der Waals surface area contributed by atoms with Crippen LogP contribution in [0.4, 0.5) is 4.39 Å². The van der Waals surface area contributed by atoms with Crippen LogP contribution in [0.25, 0.3) is 22.4 Å². The van der Waals surface area contributed by atoms with Gasteiger partial charge in [-0.1, -0.05) is 6.07 Å². The molecule has 5 aromatic rings. The van der Waals surface area contributed by atoms with Gasteiger partial charge in [-0.25, -0.2) is 13.8 Å². The van der Waals surface area contributed by atoms with Crippen molar-refractivity contribution in [2.45, 2.75) is 19.9 Å². The molecule has 0 atom stereocenters. The molecule has 4 heterocycles. The summed E-state index contributed by atoms with van der Waals surface area (Å²) in [5, 5.41) is 12.0. The lowest BCUT2D eigenvalue weighted by Crippen LogP contribution is -2.35. The zero-order chi connectivity index (χ0) is 23.7. The molecular formula is C24H21FN6O3. The van der Waals surface area contributed by atoms with Crippen molar-refractivity contribution in [2.24, 2.45) is 0 Å². The fourth-order valence-corrected chi connectivity index (χ4v) is 3.84. The second-order valence-electron chi connectivity index (χ2n) is 7.76. The largest absolute Gasteiger partial charge is 0.469 e. The van der Waals surface area contributed by atoms with Crippen molar-refractivity contribution in [3.63, 3.8) is 0 Å². The Kier molecular flexibility index (Phi) is 5.54. The predicted octanol–water partition coefficient (Wildman–Crippen LogP) is 2.77. The van der Waals surface area contributed by atoms with Crippen molar-refractivity contribution in [3.05, 3.63) is 94.8 Å². The molecule has 0 aliphatic carbocycles. The maximum absolute atomic E-state index is 14.0. The summed E-state index contributed by atoms with van der Waals surface area (Å²) in [5.74, 6) is 0.427. The fourth-order valence-electron chi connectivity index (χ4n) is 3.84. The summed E-state index contributed by atoms with van der Waals surface area (Å²) < 4.78 is 23.6. The highest BCUT2D eigenvalue weighted by atomic mass is 19.1. The smallest absolute Gasteiger partial charge is 0.280 e. The number of rotatable bonds is 7. The molecule has 0 saturated carbocycles. The Morgan fingerprint density at radius 1 is 1.12 bits per heavy atom. The third-order valence-electron chi connectivity index (χ3n) is 5.39. The molecule has 0 aliphatic rings. The van der Waals surface area contributed by atoms with E-state index in [1.807, 2.05) is 18.2 Å². The van der Waals surface area contributed by atoms with Crippen molar-refractivity contribution in [3.8, 4) is 11.5 Å². The molecule has 34 heavy (non-hydrogen) atoms. The Labute approximate surface area is 193 Å². The summed E-state index contributed by atoms with van der Waals surface area (Å²) in [7, 11) is 0. The lowest BCUT2D eigenvalue weighted by molar-refractivity contribution is -0.121. The Balaban J connectivity index is 1.54. The van der Waals surface area contributed by atoms with Crippen LogP contribution in [0, 0.1) is 12.7 Å². The Morgan fingerprint density at radius 2 is 1.94 bits per heavy atom. The number of hydrogen-bond acceptors (Lipinski definition) is 5. The van der Waals surface area contributed by atoms with Gasteiger partial charge in [0, 0.05) is 25.4 Å². The van der Waals surface area contributed by atoms with Crippen LogP contribution in [0.5, 0.6) is 0 Å². The number of benzene rings is 1. The molecule has 0 radical (unpaired) electrons. The molecular weight excluding hydrogens is 439 g/mol. The minimum Gasteiger partial charge on any atom is -0.469 e. The molecule has 0 unspecified atom stereocenters. The topological polar surface area (TPSA) is 99.9 Å². The Hall–Kier alpha value is -4.47. The van der Waals surface area contributed by atoms with Gasteiger partial charge in [-0.15, -0.1) is 0 Å². The van der Waals surface area contributed by atoms with Crippen LogP contribution in [-0.4, -0.2) is 36.6 Å². The molecule has 4 aromatic heterocycles. The summed E-state index contributed by atoms with van der Waals surface area (Å²) in [6.07, 6.45) is 5.66. The van der Waals surface area contributed by atoms with E-state index in [1.54, 1.807) is 48.3 Å². The summed E-state index contributed by atoms with van der Waals surface area (Å²) in [6, 6.07) is 13.2. The van der Waals surface area contributed by atoms with Crippen LogP contribution in [0.3, 0.4) is 0 Å². The number of hydrogen-bond donors (Lipinski definition) is 1. The molecule has 0 spiro atoms. The summed E-state index contributed by atoms with van der Waals surface area (Å²) in [6.45, 7) is 1.84. The maximum atomic E-state index is 14.0. The number of carbonyl (C=O) groups excluding carboxylic acids is 1. The van der Waals surface area contributed by atoms with E-state index in [0.717, 1.165) is 10.4 Å². The highest BCUT2D eigenvalue weighted by Crippen LogP contribution is 2.24. The molecule has 0 bridgehead atoms. The number of nitrogens with zero attached hydrogens (tertiary/aromatic N) is 5. The number of nitrogens with one attached hydrogen (secondary N) is 1. The SMILES string of the molecule is Cc1nn(CC(=O)NCCc2ccco2)c(=O)c2c(-n3cccc3)n(-c3cccc(F)c3)nc12. The average Bonchev–Trinajstić information content (AvgIpc) is 3.58. The van der Waals surface area contributed by atoms with Gasteiger partial charge in [0.2, 0.25) is 5.91 Å². The van der Waals surface area contributed by atoms with E-state index in [9.17, 15) is 14.0 Å². The predicted molar refractivity (Wildman–Crippen MR) is 123 cm³/mol. The van der Waals surface area contributed by atoms with E-state index in [2.05, 4.69) is 15.5 Å². The van der Waals surface area contributed by atoms with Crippen molar-refractivity contribution < 1.29 is 13.6 Å². The molecule has 1 aromatic carbocycles. The van der Waals surface area contributed by atoms with Crippen molar-refractivity contribution in [2.75, 3.05) is 6.54 Å². The fraction of sp³-hybridized carbons (Fsp3) is 0.167. The lowest BCUT2D eigenvalue weighted by Gasteiger charge is -2.10. The van der Waals surface area contributed by atoms with E-state index in [4.69, 9.17) is 4.42 Å². The van der Waals surface area contributed by atoms with Gasteiger partial charge in [0.05, 0.1) is 17.6 Å². The highest BCUT2D eigenvalue weighted by Gasteiger charge is 2.22. The van der Waals surface area contributed by atoms with Crippen LogP contribution in [-0.2, 0) is 17.8 Å². The first kappa shape index (κ1) is 21.4. The molecule has 172 valence electrons. The third-order valence-corrected chi connectivity index (χ3v) is 5.39. The minimum atomic E-state index is -0.465. The number of aryl methyl sites for hydroxylation is 1. The molecule has 9 nitrogen and oxygen atoms in total. The normalized spacial score (nSPS) is 11.2. The van der Waals surface area contributed by atoms with E-state index in [1.165, 1.54) is 16.8 Å². The standard InChI is InChI=1S/C24H21FN6O3/c1-16-22-21(24(33)30(27-16)15-20(32)26-10-9-19-8-5-13-34-19)23(29-11-2-3-12-29)31(28-22)18-7-4-6-17(25)14-18/h2-8,11-14H,9-10,15H2,1H3,(H,26,32). The van der Waals surface area contributed by atoms with Crippen LogP contribution in [0.1, 0.15) is 11.5 Å². The summed E-state index contributed by atoms with van der Waals surface area (Å²) >= 11 is 0. The number of halogens is 1. The van der Waals surface area contributed by atoms with E-state index >= 15 is 0 Å². The van der Waals surface area contributed by atoms with E-state index in [0.29, 0.717) is 35.7 Å². The lowest BCUT2D eigenvalue weighted by atomic mass is 10.2. The maximum Gasteiger partial charge on any atom is 0.280 e. The summed E-state index contributed by atoms with van der Waals surface area (Å²) in [5.41, 5.74) is 0.850. The molecule has 0 fully saturated rings. The average molecular weight is 460 g/mol. The van der Waals surface area contributed by atoms with Gasteiger partial charge in [-0.3, -0.25) is 9.59 Å². The van der Waals surface area contributed by atoms with Gasteiger partial charge in [0.15, 0.2) is 5.82 Å². The zero-order valence-electron chi connectivity index (χ0n) is 18.3. The second kappa shape index (κ2) is 8.81. The third kappa shape index (κ3) is 4.01. The minimum absolute atomic E-state index is 0.246. The number of furan rings is 1. The van der Waals surface area contributed by atoms with Crippen molar-refractivity contribution in [1.29, 1.82) is 0 Å². The molecule has 0 aliphatic heterocycles. The Bertz CT molecular complexity index is 1520. The van der Waals surface area contributed by atoms with Crippen LogP contribution >= 0.6 is 0 Å². The highest BCUT2D eigenvalue weighted by molar-refractivity contribution is 5.88. The first-order valence-corrected chi connectivity index (χ1v) is 10.7. The van der Waals surface area contributed by atoms with Gasteiger partial charge in [0.1, 0.15) is 29.0 Å². The molecule has 1 amide bonds. The van der Waals surface area contributed by atoms with Gasteiger partial charge >= 0.3 is 0 Å². The van der Waals surface area contributed by atoms with Crippen molar-refractivity contribution in [1.82, 2.24) is 29.4 Å². The van der Waals surface area contributed by atoms with Gasteiger partial charge < -0.3 is 14.3 Å². The number of aromatic nitrogens is 5. The quantitative estimate of drug-likeness (QED) is 0.403. The van der Waals surface area contributed by atoms with Crippen LogP contribution in [0.15, 0.2) is 76.4 Å². The first-order valence-electron chi connectivity index (χ1n) is 10.7. The van der Waals surface area contributed by atoms with Gasteiger partial charge in [-0.05, 0) is 49.4 Å². The molecule has 0 saturated heterocycles. The van der Waals surface area contributed by atoms with Gasteiger partial charge in [0.25, 0.3) is 5.56 Å². The van der Waals surface area contributed by atoms with Gasteiger partial charge in [-0.2, -0.15) is 10.2 Å². The number of carbonyl (C=O) groups is 1. The monoisotopic (exact) mass is 460 g/mol. The Morgan fingerprint density at radius 3 is 2.68 bits per heavy atom. The molecule has 10 heteroatoms. The number of fused-ring (bicyclic) bond motifs is 1. The van der Waals surface area contributed by atoms with E-state index in [-0.39, 0.29) is 17.8 Å². The second-order valence-corrected chi connectivity index (χ2v) is 7.76. The van der Waals surface area contributed by atoms with E-state index < -0.39 is 11.4 Å². The molecule has 5 rings (SSSR count). The van der Waals surface area contributed by atoms with Crippen molar-refractivity contribution >= 4 is 16.8 Å². The number of amides is 1. The van der Waals surface area contributed by atoms with Crippen LogP contribution < -0.4 is 10.9 Å². The zero-order valence-corrected chi connectivity index (χ0v) is 18.3. The van der Waals surface area contributed by atoms with Crippen LogP contribution in [0.2, 0.25) is 0 Å². The molecule has 1 N–H and O–H groups in total. The first-order chi connectivity index (χ1) is 16.5. The summed E-state index contributed by atoms with van der Waals surface area (Å²) in [4.78, 5) is 26.0.